The molecule has 0 nitrogen and oxygen atoms in total. The summed E-state index contributed by atoms with van der Waals surface area (Å²) in [6, 6.07) is 0. The lowest BCUT2D eigenvalue weighted by Crippen LogP contribution is -2.16. The van der Waals surface area contributed by atoms with Crippen LogP contribution in [0.3, 0.4) is 0 Å². The van der Waals surface area contributed by atoms with E-state index in [4.69, 9.17) is 0 Å². The summed E-state index contributed by atoms with van der Waals surface area (Å²) in [6.07, 6.45) is 5.88. The van der Waals surface area contributed by atoms with Gasteiger partial charge in [0.15, 0.2) is 0 Å². The standard InChI is InChI=1S/C14H28/c1-10(2)13(5)14-8-6-11(3)12(4)7-9-14/h10-14H,6-9H2,1-5H3. The molecule has 0 spiro atoms. The molecule has 0 saturated heterocycles. The maximum absolute atomic E-state index is 2.45. The van der Waals surface area contributed by atoms with E-state index in [1.165, 1.54) is 25.7 Å². The van der Waals surface area contributed by atoms with Gasteiger partial charge in [-0.1, -0.05) is 47.5 Å². The summed E-state index contributed by atoms with van der Waals surface area (Å²) in [5.74, 6) is 4.71. The molecule has 84 valence electrons. The van der Waals surface area contributed by atoms with Crippen molar-refractivity contribution in [2.24, 2.45) is 29.6 Å². The molecule has 0 aliphatic heterocycles. The minimum Gasteiger partial charge on any atom is -0.0625 e. The van der Waals surface area contributed by atoms with Crippen LogP contribution in [0.25, 0.3) is 0 Å². The molecule has 14 heavy (non-hydrogen) atoms. The second-order valence-electron chi connectivity index (χ2n) is 5.97. The molecule has 0 heteroatoms. The number of hydrogen-bond acceptors (Lipinski definition) is 0. The van der Waals surface area contributed by atoms with E-state index in [1.54, 1.807) is 0 Å². The molecule has 3 unspecified atom stereocenters. The Morgan fingerprint density at radius 2 is 1.21 bits per heavy atom. The third kappa shape index (κ3) is 3.00. The van der Waals surface area contributed by atoms with Crippen molar-refractivity contribution in [3.63, 3.8) is 0 Å². The molecule has 0 heterocycles. The van der Waals surface area contributed by atoms with Crippen LogP contribution in [0.5, 0.6) is 0 Å². The van der Waals surface area contributed by atoms with Gasteiger partial charge < -0.3 is 0 Å². The Morgan fingerprint density at radius 3 is 1.57 bits per heavy atom. The van der Waals surface area contributed by atoms with Crippen molar-refractivity contribution in [1.82, 2.24) is 0 Å². The molecule has 0 aromatic rings. The van der Waals surface area contributed by atoms with Gasteiger partial charge >= 0.3 is 0 Å². The van der Waals surface area contributed by atoms with Gasteiger partial charge in [0, 0.05) is 0 Å². The highest BCUT2D eigenvalue weighted by atomic mass is 14.3. The van der Waals surface area contributed by atoms with Crippen molar-refractivity contribution >= 4 is 0 Å². The molecule has 0 amide bonds. The number of hydrogen-bond donors (Lipinski definition) is 0. The highest BCUT2D eigenvalue weighted by Gasteiger charge is 2.26. The molecule has 3 atom stereocenters. The van der Waals surface area contributed by atoms with Crippen molar-refractivity contribution in [3.8, 4) is 0 Å². The highest BCUT2D eigenvalue weighted by Crippen LogP contribution is 2.36. The maximum Gasteiger partial charge on any atom is -0.0386 e. The van der Waals surface area contributed by atoms with E-state index >= 15 is 0 Å². The van der Waals surface area contributed by atoms with Crippen LogP contribution in [0.1, 0.15) is 60.3 Å². The Bertz CT molecular complexity index is 147. The molecule has 1 fully saturated rings. The molecule has 1 saturated carbocycles. The molecule has 0 N–H and O–H groups in total. The van der Waals surface area contributed by atoms with E-state index in [9.17, 15) is 0 Å². The van der Waals surface area contributed by atoms with Gasteiger partial charge in [0.2, 0.25) is 0 Å². The van der Waals surface area contributed by atoms with Crippen LogP contribution in [-0.2, 0) is 0 Å². The molecule has 0 bridgehead atoms. The smallest absolute Gasteiger partial charge is 0.0386 e. The van der Waals surface area contributed by atoms with Gasteiger partial charge in [-0.05, 0) is 42.4 Å². The van der Waals surface area contributed by atoms with E-state index in [2.05, 4.69) is 34.6 Å². The third-order valence-corrected chi connectivity index (χ3v) is 4.75. The fourth-order valence-electron chi connectivity index (χ4n) is 2.74. The summed E-state index contributed by atoms with van der Waals surface area (Å²) in [6.45, 7) is 12.1. The Kier molecular flexibility index (Phi) is 4.47. The van der Waals surface area contributed by atoms with Crippen LogP contribution in [0.4, 0.5) is 0 Å². The van der Waals surface area contributed by atoms with Gasteiger partial charge in [-0.25, -0.2) is 0 Å². The summed E-state index contributed by atoms with van der Waals surface area (Å²) >= 11 is 0. The van der Waals surface area contributed by atoms with E-state index in [0.29, 0.717) is 0 Å². The Labute approximate surface area is 90.5 Å². The fourth-order valence-corrected chi connectivity index (χ4v) is 2.74. The second kappa shape index (κ2) is 5.19. The van der Waals surface area contributed by atoms with Crippen LogP contribution in [0, 0.1) is 29.6 Å². The number of rotatable bonds is 2. The predicted molar refractivity (Wildman–Crippen MR) is 64.3 cm³/mol. The van der Waals surface area contributed by atoms with E-state index in [-0.39, 0.29) is 0 Å². The largest absolute Gasteiger partial charge is 0.0625 e. The van der Waals surface area contributed by atoms with Gasteiger partial charge in [-0.15, -0.1) is 0 Å². The van der Waals surface area contributed by atoms with Crippen LogP contribution in [0.15, 0.2) is 0 Å². The molecule has 1 aliphatic carbocycles. The summed E-state index contributed by atoms with van der Waals surface area (Å²) in [7, 11) is 0. The average molecular weight is 196 g/mol. The second-order valence-corrected chi connectivity index (χ2v) is 5.97. The van der Waals surface area contributed by atoms with Crippen LogP contribution < -0.4 is 0 Å². The van der Waals surface area contributed by atoms with Crippen molar-refractivity contribution in [3.05, 3.63) is 0 Å². The third-order valence-electron chi connectivity index (χ3n) is 4.75. The zero-order chi connectivity index (χ0) is 10.7. The average Bonchev–Trinajstić information content (AvgIpc) is 2.30. The first kappa shape index (κ1) is 12.1. The lowest BCUT2D eigenvalue weighted by Gasteiger charge is -2.25. The lowest BCUT2D eigenvalue weighted by molar-refractivity contribution is 0.248. The zero-order valence-electron chi connectivity index (χ0n) is 10.7. The van der Waals surface area contributed by atoms with Crippen LogP contribution >= 0.6 is 0 Å². The minimum absolute atomic E-state index is 0.865. The monoisotopic (exact) mass is 196 g/mol. The fraction of sp³-hybridized carbons (Fsp3) is 1.00. The van der Waals surface area contributed by atoms with Crippen LogP contribution in [0.2, 0.25) is 0 Å². The quantitative estimate of drug-likeness (QED) is 0.560. The van der Waals surface area contributed by atoms with Gasteiger partial charge in [-0.2, -0.15) is 0 Å². The molecular weight excluding hydrogens is 168 g/mol. The van der Waals surface area contributed by atoms with Gasteiger partial charge in [0.05, 0.1) is 0 Å². The predicted octanol–water partition coefficient (Wildman–Crippen LogP) is 4.74. The molecule has 1 rings (SSSR count). The molecule has 0 aromatic carbocycles. The SMILES string of the molecule is CC(C)C(C)C1CCC(C)C(C)CC1. The van der Waals surface area contributed by atoms with Gasteiger partial charge in [0.1, 0.15) is 0 Å². The van der Waals surface area contributed by atoms with E-state index in [1.807, 2.05) is 0 Å². The molecule has 1 aliphatic rings. The van der Waals surface area contributed by atoms with Gasteiger partial charge in [0.25, 0.3) is 0 Å². The zero-order valence-corrected chi connectivity index (χ0v) is 10.7. The Hall–Kier alpha value is 0. The molecular formula is C14H28. The molecule has 0 radical (unpaired) electrons. The summed E-state index contributed by atoms with van der Waals surface area (Å²) < 4.78 is 0. The minimum atomic E-state index is 0.865. The first-order valence-corrected chi connectivity index (χ1v) is 6.52. The molecule has 0 aromatic heterocycles. The van der Waals surface area contributed by atoms with Gasteiger partial charge in [-0.3, -0.25) is 0 Å². The summed E-state index contributed by atoms with van der Waals surface area (Å²) in [5.41, 5.74) is 0. The van der Waals surface area contributed by atoms with Crippen molar-refractivity contribution in [2.45, 2.75) is 60.3 Å². The van der Waals surface area contributed by atoms with Crippen molar-refractivity contribution in [2.75, 3.05) is 0 Å². The Morgan fingerprint density at radius 1 is 0.786 bits per heavy atom. The topological polar surface area (TPSA) is 0 Å². The van der Waals surface area contributed by atoms with Crippen LogP contribution in [-0.4, -0.2) is 0 Å². The Balaban J connectivity index is 2.49. The lowest BCUT2D eigenvalue weighted by atomic mass is 9.80. The van der Waals surface area contributed by atoms with E-state index < -0.39 is 0 Å². The van der Waals surface area contributed by atoms with E-state index in [0.717, 1.165) is 29.6 Å². The first-order valence-electron chi connectivity index (χ1n) is 6.52. The normalized spacial score (nSPS) is 36.9. The summed E-state index contributed by atoms with van der Waals surface area (Å²) in [5, 5.41) is 0. The highest BCUT2D eigenvalue weighted by molar-refractivity contribution is 4.76. The van der Waals surface area contributed by atoms with Crippen molar-refractivity contribution < 1.29 is 0 Å². The first-order chi connectivity index (χ1) is 6.52. The maximum atomic E-state index is 2.45. The van der Waals surface area contributed by atoms with Crippen molar-refractivity contribution in [1.29, 1.82) is 0 Å². The summed E-state index contributed by atoms with van der Waals surface area (Å²) in [4.78, 5) is 0.